The molecule has 0 saturated carbocycles. The lowest BCUT2D eigenvalue weighted by Gasteiger charge is -2.07. The molecule has 0 fully saturated rings. The van der Waals surface area contributed by atoms with Crippen molar-refractivity contribution in [1.82, 2.24) is 19.7 Å². The zero-order valence-corrected chi connectivity index (χ0v) is 10.7. The Morgan fingerprint density at radius 3 is 2.89 bits per heavy atom. The summed E-state index contributed by atoms with van der Waals surface area (Å²) >= 11 is 0. The van der Waals surface area contributed by atoms with E-state index in [1.807, 2.05) is 29.0 Å². The van der Waals surface area contributed by atoms with Gasteiger partial charge < -0.3 is 0 Å². The predicted molar refractivity (Wildman–Crippen MR) is 73.1 cm³/mol. The van der Waals surface area contributed by atoms with Crippen LogP contribution in [0, 0.1) is 6.92 Å². The molecule has 0 aliphatic heterocycles. The molecule has 4 nitrogen and oxygen atoms in total. The molecule has 2 heterocycles. The summed E-state index contributed by atoms with van der Waals surface area (Å²) in [7, 11) is 0. The second kappa shape index (κ2) is 5.02. The van der Waals surface area contributed by atoms with Gasteiger partial charge in [-0.1, -0.05) is 18.2 Å². The summed E-state index contributed by atoms with van der Waals surface area (Å²) in [4.78, 5) is 4.12. The zero-order valence-electron chi connectivity index (χ0n) is 10.7. The lowest BCUT2D eigenvalue weighted by molar-refractivity contribution is 0.901. The van der Waals surface area contributed by atoms with E-state index >= 15 is 0 Å². The van der Waals surface area contributed by atoms with Gasteiger partial charge in [-0.15, -0.1) is 10.2 Å². The van der Waals surface area contributed by atoms with Crippen LogP contribution in [0.3, 0.4) is 0 Å². The molecule has 19 heavy (non-hydrogen) atoms. The third-order valence-electron chi connectivity index (χ3n) is 2.98. The van der Waals surface area contributed by atoms with Gasteiger partial charge in [0.15, 0.2) is 0 Å². The number of aromatic nitrogens is 4. The number of pyridine rings is 1. The van der Waals surface area contributed by atoms with Crippen LogP contribution >= 0.6 is 0 Å². The maximum atomic E-state index is 4.20. The molecule has 94 valence electrons. The number of nitrogens with zero attached hydrogens (tertiary/aromatic N) is 4. The Kier molecular flexibility index (Phi) is 3.06. The Hall–Kier alpha value is -2.49. The van der Waals surface area contributed by atoms with Crippen LogP contribution < -0.4 is 0 Å². The number of rotatable bonds is 3. The van der Waals surface area contributed by atoms with Crippen molar-refractivity contribution in [3.63, 3.8) is 0 Å². The Labute approximate surface area is 111 Å². The molecular formula is C15H14N4. The fraction of sp³-hybridized carbons (Fsp3) is 0.133. The quantitative estimate of drug-likeness (QED) is 0.717. The van der Waals surface area contributed by atoms with Gasteiger partial charge in [0.1, 0.15) is 12.2 Å². The van der Waals surface area contributed by atoms with Crippen molar-refractivity contribution >= 4 is 0 Å². The summed E-state index contributed by atoms with van der Waals surface area (Å²) in [5, 5.41) is 8.22. The maximum Gasteiger partial charge on any atom is 0.141 e. The molecule has 0 aliphatic carbocycles. The van der Waals surface area contributed by atoms with Gasteiger partial charge in [-0.25, -0.2) is 0 Å². The Morgan fingerprint density at radius 2 is 2.11 bits per heavy atom. The summed E-state index contributed by atoms with van der Waals surface area (Å²) in [5.74, 6) is 0.915. The molecule has 4 heteroatoms. The van der Waals surface area contributed by atoms with Crippen LogP contribution in [0.1, 0.15) is 17.0 Å². The molecular weight excluding hydrogens is 236 g/mol. The fourth-order valence-corrected chi connectivity index (χ4v) is 2.06. The average molecular weight is 250 g/mol. The van der Waals surface area contributed by atoms with E-state index in [0.29, 0.717) is 0 Å². The van der Waals surface area contributed by atoms with E-state index in [1.54, 1.807) is 12.5 Å². The van der Waals surface area contributed by atoms with Crippen LogP contribution in [0.5, 0.6) is 0 Å². The van der Waals surface area contributed by atoms with Crippen LogP contribution in [-0.4, -0.2) is 19.7 Å². The number of hydrogen-bond donors (Lipinski definition) is 0. The lowest BCUT2D eigenvalue weighted by Crippen LogP contribution is -2.02. The smallest absolute Gasteiger partial charge is 0.141 e. The summed E-state index contributed by atoms with van der Waals surface area (Å²) < 4.78 is 2.01. The van der Waals surface area contributed by atoms with Crippen LogP contribution in [0.2, 0.25) is 0 Å². The normalized spacial score (nSPS) is 10.6. The third kappa shape index (κ3) is 2.52. The first-order chi connectivity index (χ1) is 9.33. The van der Waals surface area contributed by atoms with Gasteiger partial charge in [0.05, 0.1) is 0 Å². The highest BCUT2D eigenvalue weighted by Gasteiger charge is 2.07. The Morgan fingerprint density at radius 1 is 1.16 bits per heavy atom. The highest BCUT2D eigenvalue weighted by molar-refractivity contribution is 5.36. The van der Waals surface area contributed by atoms with E-state index in [1.165, 1.54) is 5.56 Å². The van der Waals surface area contributed by atoms with E-state index in [2.05, 4.69) is 40.3 Å². The Balaban J connectivity index is 1.95. The standard InChI is InChI=1S/C15H14N4/c1-12-4-2-6-14(8-12)19-11-17-18-15(19)9-13-5-3-7-16-10-13/h2-8,10-11H,9H2,1H3. The van der Waals surface area contributed by atoms with E-state index in [9.17, 15) is 0 Å². The topological polar surface area (TPSA) is 43.6 Å². The Bertz CT molecular complexity index is 673. The van der Waals surface area contributed by atoms with Crippen molar-refractivity contribution in [2.45, 2.75) is 13.3 Å². The SMILES string of the molecule is Cc1cccc(-n2cnnc2Cc2cccnc2)c1. The van der Waals surface area contributed by atoms with Crippen molar-refractivity contribution in [2.75, 3.05) is 0 Å². The molecule has 0 N–H and O–H groups in total. The summed E-state index contributed by atoms with van der Waals surface area (Å²) in [6.45, 7) is 2.08. The maximum absolute atomic E-state index is 4.20. The zero-order chi connectivity index (χ0) is 13.1. The second-order valence-corrected chi connectivity index (χ2v) is 4.49. The van der Waals surface area contributed by atoms with E-state index in [0.717, 1.165) is 23.5 Å². The minimum absolute atomic E-state index is 0.724. The first-order valence-corrected chi connectivity index (χ1v) is 6.18. The minimum Gasteiger partial charge on any atom is -0.285 e. The highest BCUT2D eigenvalue weighted by Crippen LogP contribution is 2.14. The molecule has 3 rings (SSSR count). The number of benzene rings is 1. The van der Waals surface area contributed by atoms with Crippen molar-refractivity contribution in [3.8, 4) is 5.69 Å². The minimum atomic E-state index is 0.724. The number of aryl methyl sites for hydroxylation is 1. The van der Waals surface area contributed by atoms with Crippen molar-refractivity contribution in [1.29, 1.82) is 0 Å². The molecule has 0 atom stereocenters. The van der Waals surface area contributed by atoms with Gasteiger partial charge >= 0.3 is 0 Å². The average Bonchev–Trinajstić information content (AvgIpc) is 2.88. The van der Waals surface area contributed by atoms with Crippen LogP contribution in [0.25, 0.3) is 5.69 Å². The van der Waals surface area contributed by atoms with Gasteiger partial charge in [-0.05, 0) is 36.2 Å². The van der Waals surface area contributed by atoms with E-state index in [4.69, 9.17) is 0 Å². The predicted octanol–water partition coefficient (Wildman–Crippen LogP) is 2.56. The molecule has 2 aromatic heterocycles. The molecule has 0 amide bonds. The molecule has 0 radical (unpaired) electrons. The van der Waals surface area contributed by atoms with Gasteiger partial charge in [-0.3, -0.25) is 9.55 Å². The van der Waals surface area contributed by atoms with E-state index in [-0.39, 0.29) is 0 Å². The monoisotopic (exact) mass is 250 g/mol. The highest BCUT2D eigenvalue weighted by atomic mass is 15.3. The van der Waals surface area contributed by atoms with Crippen LogP contribution in [-0.2, 0) is 6.42 Å². The van der Waals surface area contributed by atoms with Crippen molar-refractivity contribution in [2.24, 2.45) is 0 Å². The molecule has 0 spiro atoms. The largest absolute Gasteiger partial charge is 0.285 e. The van der Waals surface area contributed by atoms with Crippen LogP contribution in [0.4, 0.5) is 0 Å². The molecule has 0 unspecified atom stereocenters. The first-order valence-electron chi connectivity index (χ1n) is 6.18. The van der Waals surface area contributed by atoms with Crippen molar-refractivity contribution in [3.05, 3.63) is 72.1 Å². The molecule has 3 aromatic rings. The van der Waals surface area contributed by atoms with Crippen LogP contribution in [0.15, 0.2) is 55.1 Å². The van der Waals surface area contributed by atoms with Gasteiger partial charge in [0.2, 0.25) is 0 Å². The third-order valence-corrected chi connectivity index (χ3v) is 2.98. The lowest BCUT2D eigenvalue weighted by atomic mass is 10.2. The fourth-order valence-electron chi connectivity index (χ4n) is 2.06. The molecule has 0 aliphatic rings. The summed E-state index contributed by atoms with van der Waals surface area (Å²) in [5.41, 5.74) is 3.44. The molecule has 0 saturated heterocycles. The first kappa shape index (κ1) is 11.6. The molecule has 1 aromatic carbocycles. The van der Waals surface area contributed by atoms with E-state index < -0.39 is 0 Å². The second-order valence-electron chi connectivity index (χ2n) is 4.49. The van der Waals surface area contributed by atoms with Gasteiger partial charge in [0, 0.05) is 24.5 Å². The summed E-state index contributed by atoms with van der Waals surface area (Å²) in [6.07, 6.45) is 6.10. The van der Waals surface area contributed by atoms with Gasteiger partial charge in [0.25, 0.3) is 0 Å². The number of hydrogen-bond acceptors (Lipinski definition) is 3. The summed E-state index contributed by atoms with van der Waals surface area (Å²) in [6, 6.07) is 12.3. The van der Waals surface area contributed by atoms with Crippen molar-refractivity contribution < 1.29 is 0 Å². The van der Waals surface area contributed by atoms with Gasteiger partial charge in [-0.2, -0.15) is 0 Å². The molecule has 0 bridgehead atoms.